The lowest BCUT2D eigenvalue weighted by molar-refractivity contribution is 0.0719. The molecule has 32 heavy (non-hydrogen) atoms. The Bertz CT molecular complexity index is 1120. The van der Waals surface area contributed by atoms with Crippen molar-refractivity contribution in [2.75, 3.05) is 13.7 Å². The number of benzene rings is 2. The van der Waals surface area contributed by atoms with Gasteiger partial charge in [-0.1, -0.05) is 12.1 Å². The Morgan fingerprint density at radius 2 is 1.91 bits per heavy atom. The minimum absolute atomic E-state index is 0.0437. The van der Waals surface area contributed by atoms with E-state index in [9.17, 15) is 9.90 Å². The van der Waals surface area contributed by atoms with Gasteiger partial charge in [0.25, 0.3) is 5.91 Å². The largest absolute Gasteiger partial charge is 0.506 e. The fraction of sp³-hybridized carbons (Fsp3) is 0.333. The van der Waals surface area contributed by atoms with E-state index in [4.69, 9.17) is 4.74 Å². The highest BCUT2D eigenvalue weighted by Crippen LogP contribution is 2.32. The molecule has 1 atom stereocenters. The number of aromatic nitrogens is 1. The first kappa shape index (κ1) is 20.6. The molecule has 2 aliphatic carbocycles. The molecule has 0 saturated heterocycles. The molecule has 164 valence electrons. The molecule has 1 amide bonds. The van der Waals surface area contributed by atoms with Crippen LogP contribution in [0.25, 0.3) is 11.3 Å². The second-order valence-electron chi connectivity index (χ2n) is 8.95. The van der Waals surface area contributed by atoms with Crippen molar-refractivity contribution in [3.8, 4) is 22.8 Å². The van der Waals surface area contributed by atoms with Crippen molar-refractivity contribution in [1.82, 2.24) is 9.88 Å². The number of hydrogen-bond acceptors (Lipinski definition) is 4. The number of amides is 1. The lowest BCUT2D eigenvalue weighted by Gasteiger charge is -2.33. The average Bonchev–Trinajstić information content (AvgIpc) is 3.66. The lowest BCUT2D eigenvalue weighted by atomic mass is 9.86. The van der Waals surface area contributed by atoms with Crippen LogP contribution in [0.3, 0.4) is 0 Å². The van der Waals surface area contributed by atoms with Gasteiger partial charge in [0, 0.05) is 30.4 Å². The third kappa shape index (κ3) is 4.33. The monoisotopic (exact) mass is 428 g/mol. The molecule has 0 aliphatic heterocycles. The second-order valence-corrected chi connectivity index (χ2v) is 8.95. The summed E-state index contributed by atoms with van der Waals surface area (Å²) in [5, 5.41) is 10.1. The third-order valence-corrected chi connectivity index (χ3v) is 6.62. The summed E-state index contributed by atoms with van der Waals surface area (Å²) in [4.78, 5) is 19.3. The summed E-state index contributed by atoms with van der Waals surface area (Å²) >= 11 is 0. The molecule has 0 bridgehead atoms. The Hall–Kier alpha value is -3.34. The molecule has 1 N–H and O–H groups in total. The molecule has 3 aromatic rings. The van der Waals surface area contributed by atoms with Gasteiger partial charge in [-0.05, 0) is 91.6 Å². The van der Waals surface area contributed by atoms with Gasteiger partial charge < -0.3 is 14.7 Å². The highest BCUT2D eigenvalue weighted by Gasteiger charge is 2.26. The van der Waals surface area contributed by atoms with E-state index >= 15 is 0 Å². The van der Waals surface area contributed by atoms with Crippen molar-refractivity contribution < 1.29 is 14.6 Å². The van der Waals surface area contributed by atoms with Gasteiger partial charge in [0.15, 0.2) is 0 Å². The number of likely N-dealkylation sites (N-methyl/N-ethyl adjacent to an activating group) is 1. The molecular weight excluding hydrogens is 400 g/mol. The van der Waals surface area contributed by atoms with Crippen LogP contribution in [-0.4, -0.2) is 40.6 Å². The minimum atomic E-state index is 0.0437. The maximum Gasteiger partial charge on any atom is 0.253 e. The maximum atomic E-state index is 13.1. The van der Waals surface area contributed by atoms with Crippen LogP contribution in [0.5, 0.6) is 11.5 Å². The summed E-state index contributed by atoms with van der Waals surface area (Å²) in [6.45, 7) is 0.774. The molecule has 5 heteroatoms. The van der Waals surface area contributed by atoms with Gasteiger partial charge in [0.2, 0.25) is 0 Å². The average molecular weight is 429 g/mol. The fourth-order valence-electron chi connectivity index (χ4n) is 4.39. The van der Waals surface area contributed by atoms with E-state index in [0.717, 1.165) is 37.2 Å². The van der Waals surface area contributed by atoms with Gasteiger partial charge in [-0.15, -0.1) is 0 Å². The van der Waals surface area contributed by atoms with Gasteiger partial charge >= 0.3 is 0 Å². The molecule has 1 saturated carbocycles. The molecule has 2 aliphatic rings. The van der Waals surface area contributed by atoms with Gasteiger partial charge in [0.05, 0.1) is 6.61 Å². The van der Waals surface area contributed by atoms with Gasteiger partial charge in [0.1, 0.15) is 17.2 Å². The highest BCUT2D eigenvalue weighted by molar-refractivity contribution is 5.94. The summed E-state index contributed by atoms with van der Waals surface area (Å²) in [6.07, 6.45) is 6.85. The Labute approximate surface area is 188 Å². The first-order valence-corrected chi connectivity index (χ1v) is 11.3. The van der Waals surface area contributed by atoms with Crippen molar-refractivity contribution in [2.45, 2.75) is 38.1 Å². The van der Waals surface area contributed by atoms with E-state index in [1.165, 1.54) is 24.0 Å². The molecule has 1 aromatic heterocycles. The summed E-state index contributed by atoms with van der Waals surface area (Å²) in [5.74, 6) is 1.78. The van der Waals surface area contributed by atoms with Crippen LogP contribution >= 0.6 is 0 Å². The fourth-order valence-corrected chi connectivity index (χ4v) is 4.39. The minimum Gasteiger partial charge on any atom is -0.506 e. The van der Waals surface area contributed by atoms with E-state index in [2.05, 4.69) is 17.1 Å². The number of fused-ring (bicyclic) bond motifs is 1. The number of rotatable bonds is 6. The number of pyridine rings is 1. The summed E-state index contributed by atoms with van der Waals surface area (Å²) in [5.41, 5.74) is 4.74. The zero-order valence-corrected chi connectivity index (χ0v) is 18.3. The first-order chi connectivity index (χ1) is 15.6. The van der Waals surface area contributed by atoms with Crippen molar-refractivity contribution in [3.63, 3.8) is 0 Å². The normalized spacial score (nSPS) is 17.5. The quantitative estimate of drug-likeness (QED) is 0.608. The van der Waals surface area contributed by atoms with Gasteiger partial charge in [-0.25, -0.2) is 0 Å². The van der Waals surface area contributed by atoms with Crippen LogP contribution in [0, 0.1) is 5.92 Å². The smallest absolute Gasteiger partial charge is 0.253 e. The van der Waals surface area contributed by atoms with Crippen LogP contribution in [0.15, 0.2) is 60.8 Å². The molecule has 0 unspecified atom stereocenters. The number of ether oxygens (including phenoxy) is 1. The van der Waals surface area contributed by atoms with Crippen molar-refractivity contribution >= 4 is 5.91 Å². The number of nitrogens with zero attached hydrogens (tertiary/aromatic N) is 2. The summed E-state index contributed by atoms with van der Waals surface area (Å²) in [7, 11) is 1.90. The molecule has 0 radical (unpaired) electrons. The summed E-state index contributed by atoms with van der Waals surface area (Å²) in [6, 6.07) is 17.3. The number of aromatic hydroxyl groups is 1. The number of hydrogen-bond donors (Lipinski definition) is 1. The van der Waals surface area contributed by atoms with Crippen molar-refractivity contribution in [3.05, 3.63) is 77.5 Å². The summed E-state index contributed by atoms with van der Waals surface area (Å²) < 4.78 is 5.78. The van der Waals surface area contributed by atoms with Crippen LogP contribution in [0.1, 0.15) is 40.7 Å². The SMILES string of the molecule is CN(C(=O)c1ccc(OCC2CC2)cc1)[C@H]1CCc2cc(-c3ncccc3O)ccc2C1. The van der Waals surface area contributed by atoms with Gasteiger partial charge in [-0.3, -0.25) is 9.78 Å². The number of carbonyl (C=O) groups excluding carboxylic acids is 1. The Balaban J connectivity index is 1.25. The van der Waals surface area contributed by atoms with E-state index in [0.29, 0.717) is 17.2 Å². The molecule has 2 aromatic carbocycles. The molecular formula is C27H28N2O3. The predicted octanol–water partition coefficient (Wildman–Crippen LogP) is 4.87. The van der Waals surface area contributed by atoms with Crippen LogP contribution in [0.2, 0.25) is 0 Å². The van der Waals surface area contributed by atoms with E-state index in [1.807, 2.05) is 42.3 Å². The Kier molecular flexibility index (Phi) is 5.56. The topological polar surface area (TPSA) is 62.7 Å². The van der Waals surface area contributed by atoms with Crippen molar-refractivity contribution in [2.24, 2.45) is 5.92 Å². The standard InChI is InChI=1S/C27H28N2O3/c1-29(27(31)19-9-12-24(13-10-19)32-17-18-4-5-18)23-11-8-20-15-22(7-6-21(20)16-23)26-25(30)3-2-14-28-26/h2-3,6-7,9-10,12-15,18,23,30H,4-5,8,11,16-17H2,1H3/t23-/m0/s1. The third-order valence-electron chi connectivity index (χ3n) is 6.62. The molecule has 0 spiro atoms. The van der Waals surface area contributed by atoms with Gasteiger partial charge in [-0.2, -0.15) is 0 Å². The predicted molar refractivity (Wildman–Crippen MR) is 124 cm³/mol. The van der Waals surface area contributed by atoms with E-state index in [1.54, 1.807) is 18.3 Å². The highest BCUT2D eigenvalue weighted by atomic mass is 16.5. The van der Waals surface area contributed by atoms with E-state index < -0.39 is 0 Å². The van der Waals surface area contributed by atoms with Crippen LogP contribution in [-0.2, 0) is 12.8 Å². The van der Waals surface area contributed by atoms with Crippen molar-refractivity contribution in [1.29, 1.82) is 0 Å². The number of carbonyl (C=O) groups is 1. The molecule has 1 heterocycles. The van der Waals surface area contributed by atoms with E-state index in [-0.39, 0.29) is 17.7 Å². The van der Waals surface area contributed by atoms with Crippen LogP contribution < -0.4 is 4.74 Å². The zero-order valence-electron chi connectivity index (χ0n) is 18.3. The Morgan fingerprint density at radius 3 is 2.66 bits per heavy atom. The second kappa shape index (κ2) is 8.65. The number of aryl methyl sites for hydroxylation is 1. The van der Waals surface area contributed by atoms with Crippen LogP contribution in [0.4, 0.5) is 0 Å². The molecule has 1 fully saturated rings. The first-order valence-electron chi connectivity index (χ1n) is 11.3. The molecule has 5 rings (SSSR count). The molecule has 5 nitrogen and oxygen atoms in total. The Morgan fingerprint density at radius 1 is 1.09 bits per heavy atom. The zero-order chi connectivity index (χ0) is 22.1. The lowest BCUT2D eigenvalue weighted by Crippen LogP contribution is -2.40. The maximum absolute atomic E-state index is 13.1.